The van der Waals surface area contributed by atoms with Gasteiger partial charge in [0.2, 0.25) is 5.91 Å². The molecule has 1 amide bonds. The van der Waals surface area contributed by atoms with Crippen LogP contribution in [0, 0.1) is 11.3 Å². The molecule has 0 atom stereocenters. The zero-order valence-corrected chi connectivity index (χ0v) is 17.5. The van der Waals surface area contributed by atoms with E-state index in [1.807, 2.05) is 32.3 Å². The Morgan fingerprint density at radius 2 is 1.93 bits per heavy atom. The van der Waals surface area contributed by atoms with Gasteiger partial charge < -0.3 is 20.3 Å². The SMILES string of the molecule is CN=C(NCc1ccccc1OCC1CC1)NCC1(C(=O)N(C)C)CCCC1. The number of para-hydroxylation sites is 1. The van der Waals surface area contributed by atoms with Gasteiger partial charge in [-0.05, 0) is 37.7 Å². The number of aliphatic imine (C=N–C) groups is 1. The standard InChI is InChI=1S/C22H34N4O2/c1-23-21(25-16-22(12-6-7-13-22)20(27)26(2)3)24-14-18-8-4-5-9-19(18)28-15-17-10-11-17/h4-5,8-9,17H,6-7,10-16H2,1-3H3,(H2,23,24,25). The topological polar surface area (TPSA) is 66.0 Å². The Morgan fingerprint density at radius 1 is 1.21 bits per heavy atom. The number of nitrogens with zero attached hydrogens (tertiary/aromatic N) is 2. The summed E-state index contributed by atoms with van der Waals surface area (Å²) in [5.74, 6) is 2.60. The summed E-state index contributed by atoms with van der Waals surface area (Å²) in [6.07, 6.45) is 6.66. The molecular weight excluding hydrogens is 352 g/mol. The molecule has 2 fully saturated rings. The van der Waals surface area contributed by atoms with Gasteiger partial charge in [-0.25, -0.2) is 0 Å². The number of ether oxygens (including phenoxy) is 1. The molecule has 0 spiro atoms. The van der Waals surface area contributed by atoms with Gasteiger partial charge in [-0.2, -0.15) is 0 Å². The lowest BCUT2D eigenvalue weighted by atomic mass is 9.84. The first-order valence-electron chi connectivity index (χ1n) is 10.4. The number of amides is 1. The van der Waals surface area contributed by atoms with Crippen molar-refractivity contribution in [3.63, 3.8) is 0 Å². The van der Waals surface area contributed by atoms with Crippen LogP contribution in [0.5, 0.6) is 5.75 Å². The largest absolute Gasteiger partial charge is 0.493 e. The quantitative estimate of drug-likeness (QED) is 0.533. The Balaban J connectivity index is 1.55. The van der Waals surface area contributed by atoms with Crippen LogP contribution in [0.2, 0.25) is 0 Å². The van der Waals surface area contributed by atoms with Gasteiger partial charge in [-0.15, -0.1) is 0 Å². The number of hydrogen-bond donors (Lipinski definition) is 2. The second-order valence-corrected chi connectivity index (χ2v) is 8.33. The lowest BCUT2D eigenvalue weighted by Crippen LogP contribution is -2.49. The molecule has 2 aliphatic carbocycles. The molecule has 154 valence electrons. The van der Waals surface area contributed by atoms with Gasteiger partial charge in [0.15, 0.2) is 5.96 Å². The number of rotatable bonds is 8. The maximum Gasteiger partial charge on any atom is 0.230 e. The van der Waals surface area contributed by atoms with Crippen LogP contribution in [0.4, 0.5) is 0 Å². The lowest BCUT2D eigenvalue weighted by Gasteiger charge is -2.31. The predicted molar refractivity (Wildman–Crippen MR) is 112 cm³/mol. The Labute approximate surface area is 168 Å². The highest BCUT2D eigenvalue weighted by atomic mass is 16.5. The molecule has 2 N–H and O–H groups in total. The van der Waals surface area contributed by atoms with Crippen LogP contribution >= 0.6 is 0 Å². The smallest absolute Gasteiger partial charge is 0.230 e. The fourth-order valence-electron chi connectivity index (χ4n) is 3.93. The first-order chi connectivity index (χ1) is 13.5. The first-order valence-corrected chi connectivity index (χ1v) is 10.4. The predicted octanol–water partition coefficient (Wildman–Crippen LogP) is 2.79. The minimum absolute atomic E-state index is 0.215. The van der Waals surface area contributed by atoms with Crippen LogP contribution < -0.4 is 15.4 Å². The summed E-state index contributed by atoms with van der Waals surface area (Å²) in [7, 11) is 5.45. The third kappa shape index (κ3) is 5.18. The summed E-state index contributed by atoms with van der Waals surface area (Å²) in [6, 6.07) is 8.14. The zero-order valence-electron chi connectivity index (χ0n) is 17.5. The molecule has 28 heavy (non-hydrogen) atoms. The van der Waals surface area contributed by atoms with E-state index in [4.69, 9.17) is 4.74 Å². The summed E-state index contributed by atoms with van der Waals surface area (Å²) in [4.78, 5) is 18.8. The zero-order chi connectivity index (χ0) is 20.0. The van der Waals surface area contributed by atoms with Crippen molar-refractivity contribution in [2.45, 2.75) is 45.1 Å². The molecule has 0 aliphatic heterocycles. The Bertz CT molecular complexity index is 692. The summed E-state index contributed by atoms with van der Waals surface area (Å²) in [5, 5.41) is 6.76. The van der Waals surface area contributed by atoms with E-state index in [0.29, 0.717) is 13.1 Å². The van der Waals surface area contributed by atoms with E-state index in [1.165, 1.54) is 12.8 Å². The van der Waals surface area contributed by atoms with Gasteiger partial charge in [0.05, 0.1) is 12.0 Å². The van der Waals surface area contributed by atoms with Crippen LogP contribution in [0.25, 0.3) is 0 Å². The molecule has 0 radical (unpaired) electrons. The fourth-order valence-corrected chi connectivity index (χ4v) is 3.93. The van der Waals surface area contributed by atoms with E-state index in [2.05, 4.69) is 21.7 Å². The third-order valence-electron chi connectivity index (χ3n) is 5.83. The summed E-state index contributed by atoms with van der Waals surface area (Å²) >= 11 is 0. The molecule has 3 rings (SSSR count). The van der Waals surface area contributed by atoms with Crippen molar-refractivity contribution < 1.29 is 9.53 Å². The van der Waals surface area contributed by atoms with E-state index in [1.54, 1.807) is 11.9 Å². The van der Waals surface area contributed by atoms with Crippen molar-refractivity contribution in [3.8, 4) is 5.75 Å². The molecule has 6 heteroatoms. The average Bonchev–Trinajstić information content (AvgIpc) is 3.42. The van der Waals surface area contributed by atoms with Crippen molar-refractivity contribution in [2.24, 2.45) is 16.3 Å². The van der Waals surface area contributed by atoms with Gasteiger partial charge in [-0.3, -0.25) is 9.79 Å². The van der Waals surface area contributed by atoms with E-state index in [9.17, 15) is 4.79 Å². The maximum atomic E-state index is 12.7. The molecule has 0 unspecified atom stereocenters. The number of nitrogens with one attached hydrogen (secondary N) is 2. The van der Waals surface area contributed by atoms with E-state index in [-0.39, 0.29) is 11.3 Å². The highest BCUT2D eigenvalue weighted by Crippen LogP contribution is 2.39. The van der Waals surface area contributed by atoms with Gasteiger partial charge in [0.25, 0.3) is 0 Å². The van der Waals surface area contributed by atoms with Crippen molar-refractivity contribution in [2.75, 3.05) is 34.3 Å². The van der Waals surface area contributed by atoms with Crippen LogP contribution in [0.15, 0.2) is 29.3 Å². The molecule has 0 saturated heterocycles. The van der Waals surface area contributed by atoms with E-state index in [0.717, 1.165) is 55.5 Å². The number of hydrogen-bond acceptors (Lipinski definition) is 3. The highest BCUT2D eigenvalue weighted by Gasteiger charge is 2.42. The lowest BCUT2D eigenvalue weighted by molar-refractivity contribution is -0.138. The minimum atomic E-state index is -0.313. The Kier molecular flexibility index (Phi) is 6.81. The second-order valence-electron chi connectivity index (χ2n) is 8.33. The van der Waals surface area contributed by atoms with Gasteiger partial charge in [-0.1, -0.05) is 31.0 Å². The molecule has 1 aromatic rings. The number of guanidine groups is 1. The molecule has 2 saturated carbocycles. The van der Waals surface area contributed by atoms with Crippen molar-refractivity contribution in [1.82, 2.24) is 15.5 Å². The summed E-state index contributed by atoms with van der Waals surface area (Å²) < 4.78 is 5.99. The summed E-state index contributed by atoms with van der Waals surface area (Å²) in [5.41, 5.74) is 0.804. The molecule has 1 aromatic carbocycles. The van der Waals surface area contributed by atoms with Gasteiger partial charge in [0.1, 0.15) is 5.75 Å². The van der Waals surface area contributed by atoms with Crippen LogP contribution in [-0.4, -0.2) is 51.1 Å². The number of benzene rings is 1. The third-order valence-corrected chi connectivity index (χ3v) is 5.83. The van der Waals surface area contributed by atoms with Gasteiger partial charge >= 0.3 is 0 Å². The molecule has 6 nitrogen and oxygen atoms in total. The highest BCUT2D eigenvalue weighted by molar-refractivity contribution is 5.85. The second kappa shape index (κ2) is 9.30. The number of carbonyl (C=O) groups excluding carboxylic acids is 1. The molecular formula is C22H34N4O2. The van der Waals surface area contributed by atoms with E-state index >= 15 is 0 Å². The van der Waals surface area contributed by atoms with Crippen molar-refractivity contribution in [3.05, 3.63) is 29.8 Å². The Morgan fingerprint density at radius 3 is 2.57 bits per heavy atom. The van der Waals surface area contributed by atoms with Crippen LogP contribution in [0.1, 0.15) is 44.1 Å². The monoisotopic (exact) mass is 386 g/mol. The Hall–Kier alpha value is -2.24. The summed E-state index contributed by atoms with van der Waals surface area (Å²) in [6.45, 7) is 2.05. The normalized spacial score (nSPS) is 18.6. The van der Waals surface area contributed by atoms with Crippen LogP contribution in [0.3, 0.4) is 0 Å². The van der Waals surface area contributed by atoms with Crippen LogP contribution in [-0.2, 0) is 11.3 Å². The maximum absolute atomic E-state index is 12.7. The average molecular weight is 387 g/mol. The van der Waals surface area contributed by atoms with Gasteiger partial charge in [0, 0.05) is 39.8 Å². The van der Waals surface area contributed by atoms with Crippen molar-refractivity contribution >= 4 is 11.9 Å². The first kappa shape index (κ1) is 20.5. The molecule has 0 aromatic heterocycles. The molecule has 0 bridgehead atoms. The van der Waals surface area contributed by atoms with E-state index < -0.39 is 0 Å². The fraction of sp³-hybridized carbons (Fsp3) is 0.636. The molecule has 0 heterocycles. The van der Waals surface area contributed by atoms with Crippen molar-refractivity contribution in [1.29, 1.82) is 0 Å². The molecule has 2 aliphatic rings. The number of carbonyl (C=O) groups is 1. The minimum Gasteiger partial charge on any atom is -0.493 e.